The molecule has 1 fully saturated rings. The molecule has 2 aromatic rings. The van der Waals surface area contributed by atoms with E-state index in [2.05, 4.69) is 16.0 Å². The standard InChI is InChI=1S/C30H40N4O8/c1-38-23-10-17(11-24(39-2)29(23)36)26-18-12-21-22(42-16-41-21)13-19(18)28(20-15-40-30(37)27(20)26)34-25(35)14-33-9-5-8-32-7-4-3-6-31/h10-13,20,26-28,32-33,36H,3-9,14-16,31H2,1-2H3,(H,34,35)/t20-,26+,27-,28+/m0/s1. The molecule has 0 saturated carbocycles. The molecule has 12 heteroatoms. The monoisotopic (exact) mass is 584 g/mol. The third-order valence-electron chi connectivity index (χ3n) is 8.17. The Labute approximate surface area is 245 Å². The normalized spacial score (nSPS) is 21.8. The fourth-order valence-electron chi connectivity index (χ4n) is 6.13. The van der Waals surface area contributed by atoms with Crippen LogP contribution in [0.25, 0.3) is 0 Å². The van der Waals surface area contributed by atoms with Crippen molar-refractivity contribution in [1.82, 2.24) is 16.0 Å². The number of amides is 1. The molecule has 0 bridgehead atoms. The number of fused-ring (bicyclic) bond motifs is 3. The highest BCUT2D eigenvalue weighted by molar-refractivity contribution is 5.81. The van der Waals surface area contributed by atoms with Crippen LogP contribution in [-0.4, -0.2) is 77.3 Å². The molecule has 1 aliphatic carbocycles. The van der Waals surface area contributed by atoms with Crippen LogP contribution in [0.4, 0.5) is 0 Å². The fraction of sp³-hybridized carbons (Fsp3) is 0.533. The molecule has 0 spiro atoms. The highest BCUT2D eigenvalue weighted by Crippen LogP contribution is 2.55. The zero-order valence-electron chi connectivity index (χ0n) is 24.1. The van der Waals surface area contributed by atoms with Crippen LogP contribution in [0.5, 0.6) is 28.7 Å². The van der Waals surface area contributed by atoms with Gasteiger partial charge in [-0.15, -0.1) is 0 Å². The number of hydrogen-bond donors (Lipinski definition) is 5. The minimum absolute atomic E-state index is 0.0848. The number of methoxy groups -OCH3 is 2. The van der Waals surface area contributed by atoms with Crippen molar-refractivity contribution in [2.24, 2.45) is 17.6 Å². The van der Waals surface area contributed by atoms with Gasteiger partial charge in [-0.25, -0.2) is 0 Å². The van der Waals surface area contributed by atoms with Crippen molar-refractivity contribution in [2.75, 3.05) is 60.3 Å². The quantitative estimate of drug-likeness (QED) is 0.162. The SMILES string of the molecule is COc1cc([C@@H]2c3cc4c(cc3[C@@H](NC(=O)CNCCCNCCCCN)[C@H]3COC(=O)[C@H]23)OCO4)cc(OC)c1O. The number of nitrogens with one attached hydrogen (secondary N) is 3. The molecule has 6 N–H and O–H groups in total. The van der Waals surface area contributed by atoms with Gasteiger partial charge in [0.15, 0.2) is 23.0 Å². The second-order valence-electron chi connectivity index (χ2n) is 10.7. The second-order valence-corrected chi connectivity index (χ2v) is 10.7. The summed E-state index contributed by atoms with van der Waals surface area (Å²) in [7, 11) is 2.91. The Morgan fingerprint density at radius 1 is 0.952 bits per heavy atom. The van der Waals surface area contributed by atoms with Crippen molar-refractivity contribution in [3.05, 3.63) is 41.0 Å². The highest BCUT2D eigenvalue weighted by atomic mass is 16.7. The Morgan fingerprint density at radius 2 is 1.62 bits per heavy atom. The average Bonchev–Trinajstić information content (AvgIpc) is 3.62. The first-order valence-corrected chi connectivity index (χ1v) is 14.4. The molecule has 3 aliphatic rings. The largest absolute Gasteiger partial charge is 0.502 e. The van der Waals surface area contributed by atoms with Crippen LogP contribution in [0.15, 0.2) is 24.3 Å². The van der Waals surface area contributed by atoms with E-state index in [9.17, 15) is 14.7 Å². The Balaban J connectivity index is 1.38. The third-order valence-corrected chi connectivity index (χ3v) is 8.17. The van der Waals surface area contributed by atoms with E-state index in [0.717, 1.165) is 43.5 Å². The van der Waals surface area contributed by atoms with Gasteiger partial charge >= 0.3 is 5.97 Å². The predicted octanol–water partition coefficient (Wildman–Crippen LogP) is 1.54. The van der Waals surface area contributed by atoms with Gasteiger partial charge in [0.05, 0.1) is 39.3 Å². The number of unbranched alkanes of at least 4 members (excludes halogenated alkanes) is 1. The minimum Gasteiger partial charge on any atom is -0.502 e. The maximum Gasteiger partial charge on any atom is 0.310 e. The Morgan fingerprint density at radius 3 is 2.31 bits per heavy atom. The second kappa shape index (κ2) is 13.5. The number of benzene rings is 2. The van der Waals surface area contributed by atoms with Crippen LogP contribution in [0, 0.1) is 11.8 Å². The summed E-state index contributed by atoms with van der Waals surface area (Å²) in [5.74, 6) is -0.470. The van der Waals surface area contributed by atoms with Gasteiger partial charge in [0.25, 0.3) is 0 Å². The van der Waals surface area contributed by atoms with E-state index in [-0.39, 0.29) is 55.0 Å². The molecular formula is C30H40N4O8. The number of rotatable bonds is 14. The number of carbonyl (C=O) groups is 2. The molecule has 42 heavy (non-hydrogen) atoms. The van der Waals surface area contributed by atoms with Gasteiger partial charge in [-0.2, -0.15) is 0 Å². The summed E-state index contributed by atoms with van der Waals surface area (Å²) < 4.78 is 27.8. The lowest BCUT2D eigenvalue weighted by Gasteiger charge is -2.39. The number of carbonyl (C=O) groups excluding carboxylic acids is 2. The summed E-state index contributed by atoms with van der Waals surface area (Å²) in [6, 6.07) is 6.67. The molecule has 12 nitrogen and oxygen atoms in total. The minimum atomic E-state index is -0.597. The van der Waals surface area contributed by atoms with Crippen LogP contribution in [0.1, 0.15) is 47.9 Å². The van der Waals surface area contributed by atoms with Crippen molar-refractivity contribution in [3.63, 3.8) is 0 Å². The third kappa shape index (κ3) is 6.06. The smallest absolute Gasteiger partial charge is 0.310 e. The van der Waals surface area contributed by atoms with Gasteiger partial charge in [-0.1, -0.05) is 0 Å². The van der Waals surface area contributed by atoms with Crippen molar-refractivity contribution in [3.8, 4) is 28.7 Å². The van der Waals surface area contributed by atoms with E-state index in [1.807, 2.05) is 12.1 Å². The van der Waals surface area contributed by atoms with E-state index < -0.39 is 17.9 Å². The topological polar surface area (TPSA) is 163 Å². The Hall–Kier alpha value is -3.74. The van der Waals surface area contributed by atoms with Crippen molar-refractivity contribution >= 4 is 11.9 Å². The molecule has 1 amide bonds. The van der Waals surface area contributed by atoms with Gasteiger partial charge in [0.1, 0.15) is 0 Å². The van der Waals surface area contributed by atoms with Gasteiger partial charge in [0, 0.05) is 11.8 Å². The molecule has 2 aromatic carbocycles. The van der Waals surface area contributed by atoms with Gasteiger partial charge in [-0.3, -0.25) is 9.59 Å². The molecule has 2 aliphatic heterocycles. The van der Waals surface area contributed by atoms with E-state index in [4.69, 9.17) is 29.4 Å². The molecule has 228 valence electrons. The molecule has 0 unspecified atom stereocenters. The highest BCUT2D eigenvalue weighted by Gasteiger charge is 2.53. The summed E-state index contributed by atoms with van der Waals surface area (Å²) in [6.45, 7) is 3.58. The maximum absolute atomic E-state index is 13.3. The van der Waals surface area contributed by atoms with Crippen LogP contribution < -0.4 is 40.6 Å². The molecule has 4 atom stereocenters. The lowest BCUT2D eigenvalue weighted by atomic mass is 9.65. The summed E-state index contributed by atoms with van der Waals surface area (Å²) in [6.07, 6.45) is 2.95. The molecule has 5 rings (SSSR count). The number of nitrogens with two attached hydrogens (primary N) is 1. The Bertz CT molecular complexity index is 1260. The van der Waals surface area contributed by atoms with E-state index >= 15 is 0 Å². The lowest BCUT2D eigenvalue weighted by molar-refractivity contribution is -0.141. The van der Waals surface area contributed by atoms with Gasteiger partial charge in [-0.05, 0) is 86.4 Å². The molecule has 1 saturated heterocycles. The van der Waals surface area contributed by atoms with Gasteiger partial charge < -0.3 is 50.5 Å². The molecule has 0 radical (unpaired) electrons. The lowest BCUT2D eigenvalue weighted by Crippen LogP contribution is -2.45. The number of cyclic esters (lactones) is 1. The fourth-order valence-corrected chi connectivity index (χ4v) is 6.13. The first kappa shape index (κ1) is 29.7. The van der Waals surface area contributed by atoms with Crippen LogP contribution in [-0.2, 0) is 14.3 Å². The number of aromatic hydroxyl groups is 1. The van der Waals surface area contributed by atoms with Crippen molar-refractivity contribution in [1.29, 1.82) is 0 Å². The number of phenolic OH excluding ortho intramolecular Hbond substituents is 1. The first-order valence-electron chi connectivity index (χ1n) is 14.4. The summed E-state index contributed by atoms with van der Waals surface area (Å²) >= 11 is 0. The van der Waals surface area contributed by atoms with E-state index in [1.165, 1.54) is 14.2 Å². The maximum atomic E-state index is 13.3. The van der Waals surface area contributed by atoms with E-state index in [0.29, 0.717) is 30.2 Å². The van der Waals surface area contributed by atoms with E-state index in [1.54, 1.807) is 12.1 Å². The summed E-state index contributed by atoms with van der Waals surface area (Å²) in [5.41, 5.74) is 7.85. The van der Waals surface area contributed by atoms with Crippen LogP contribution >= 0.6 is 0 Å². The van der Waals surface area contributed by atoms with Crippen molar-refractivity contribution < 1.29 is 38.4 Å². The Kier molecular flexibility index (Phi) is 9.55. The number of hydrogen-bond acceptors (Lipinski definition) is 11. The molecule has 0 aromatic heterocycles. The number of esters is 1. The average molecular weight is 585 g/mol. The summed E-state index contributed by atoms with van der Waals surface area (Å²) in [5, 5.41) is 20.3. The first-order chi connectivity index (χ1) is 20.5. The van der Waals surface area contributed by atoms with Crippen LogP contribution in [0.3, 0.4) is 0 Å². The zero-order valence-corrected chi connectivity index (χ0v) is 24.1. The summed E-state index contributed by atoms with van der Waals surface area (Å²) in [4.78, 5) is 26.4. The predicted molar refractivity (Wildman–Crippen MR) is 153 cm³/mol. The molecule has 2 heterocycles. The zero-order chi connectivity index (χ0) is 29.6. The number of phenols is 1. The molecular weight excluding hydrogens is 544 g/mol. The number of ether oxygens (including phenoxy) is 5. The van der Waals surface area contributed by atoms with Crippen molar-refractivity contribution in [2.45, 2.75) is 31.2 Å². The van der Waals surface area contributed by atoms with Gasteiger partial charge in [0.2, 0.25) is 18.4 Å². The van der Waals surface area contributed by atoms with Crippen LogP contribution in [0.2, 0.25) is 0 Å².